The lowest BCUT2D eigenvalue weighted by Gasteiger charge is -2.07. The van der Waals surface area contributed by atoms with Crippen LogP contribution in [0.5, 0.6) is 5.75 Å². The van der Waals surface area contributed by atoms with Crippen LogP contribution in [0.4, 0.5) is 5.88 Å². The molecule has 0 saturated carbocycles. The summed E-state index contributed by atoms with van der Waals surface area (Å²) in [6, 6.07) is 4.75. The van der Waals surface area contributed by atoms with Crippen LogP contribution in [-0.4, -0.2) is 31.3 Å². The van der Waals surface area contributed by atoms with Crippen LogP contribution in [0.15, 0.2) is 41.1 Å². The molecule has 2 N–H and O–H groups in total. The largest absolute Gasteiger partial charge is 0.506 e. The fourth-order valence-electron chi connectivity index (χ4n) is 1.66. The van der Waals surface area contributed by atoms with Gasteiger partial charge in [-0.3, -0.25) is 4.79 Å². The quantitative estimate of drug-likeness (QED) is 0.480. The van der Waals surface area contributed by atoms with Crippen molar-refractivity contribution in [3.05, 3.63) is 42.9 Å². The fourth-order valence-corrected chi connectivity index (χ4v) is 3.51. The highest BCUT2D eigenvalue weighted by atomic mass is 79.9. The van der Waals surface area contributed by atoms with Crippen molar-refractivity contribution in [2.45, 2.75) is 0 Å². The first kappa shape index (κ1) is 18.0. The molecule has 0 aliphatic rings. The molecule has 0 atom stereocenters. The van der Waals surface area contributed by atoms with Gasteiger partial charge >= 0.3 is 0 Å². The molecule has 1 amide bonds. The number of furan rings is 1. The smallest absolute Gasteiger partial charge is 0.271 e. The summed E-state index contributed by atoms with van der Waals surface area (Å²) in [5.74, 6) is 0.765. The molecule has 0 spiro atoms. The summed E-state index contributed by atoms with van der Waals surface area (Å²) in [5, 5.41) is 13.5. The van der Waals surface area contributed by atoms with Gasteiger partial charge in [0.05, 0.1) is 19.6 Å². The topological polar surface area (TPSA) is 78.1 Å². The number of hydrazone groups is 1. The Bertz CT molecular complexity index is 749. The molecule has 1 aromatic carbocycles. The number of nitrogens with zero attached hydrogens (tertiary/aromatic N) is 2. The minimum atomic E-state index is -0.416. The third-order valence-electron chi connectivity index (χ3n) is 2.73. The Labute approximate surface area is 157 Å². The Morgan fingerprint density at radius 1 is 1.22 bits per heavy atom. The first-order valence-corrected chi connectivity index (χ1v) is 8.65. The summed E-state index contributed by atoms with van der Waals surface area (Å²) in [6.07, 6.45) is 1.40. The third-order valence-corrected chi connectivity index (χ3v) is 4.51. The van der Waals surface area contributed by atoms with E-state index in [9.17, 15) is 9.90 Å². The number of aromatic hydroxyl groups is 1. The summed E-state index contributed by atoms with van der Waals surface area (Å²) in [5.41, 5.74) is 2.74. The number of benzene rings is 1. The van der Waals surface area contributed by atoms with Crippen LogP contribution < -0.4 is 10.3 Å². The van der Waals surface area contributed by atoms with Crippen molar-refractivity contribution in [2.24, 2.45) is 5.10 Å². The number of carbonyl (C=O) groups excluding carboxylic acids is 1. The van der Waals surface area contributed by atoms with E-state index in [1.165, 1.54) is 18.3 Å². The van der Waals surface area contributed by atoms with Gasteiger partial charge < -0.3 is 14.4 Å². The first-order valence-electron chi connectivity index (χ1n) is 6.27. The van der Waals surface area contributed by atoms with Crippen molar-refractivity contribution in [3.8, 4) is 5.75 Å². The van der Waals surface area contributed by atoms with E-state index < -0.39 is 5.91 Å². The summed E-state index contributed by atoms with van der Waals surface area (Å²) in [7, 11) is 3.71. The monoisotopic (exact) mass is 507 g/mol. The Hall–Kier alpha value is -1.32. The van der Waals surface area contributed by atoms with Crippen molar-refractivity contribution in [2.75, 3.05) is 19.0 Å². The van der Waals surface area contributed by atoms with Crippen LogP contribution in [0.1, 0.15) is 16.1 Å². The highest BCUT2D eigenvalue weighted by molar-refractivity contribution is 9.11. The van der Waals surface area contributed by atoms with Gasteiger partial charge in [0.25, 0.3) is 5.91 Å². The minimum absolute atomic E-state index is 0.0294. The van der Waals surface area contributed by atoms with Gasteiger partial charge in [0.15, 0.2) is 5.76 Å². The van der Waals surface area contributed by atoms with Gasteiger partial charge in [-0.25, -0.2) is 5.43 Å². The van der Waals surface area contributed by atoms with Crippen LogP contribution in [0, 0.1) is 0 Å². The van der Waals surface area contributed by atoms with Crippen molar-refractivity contribution in [1.29, 1.82) is 0 Å². The minimum Gasteiger partial charge on any atom is -0.506 e. The van der Waals surface area contributed by atoms with Crippen LogP contribution in [0.3, 0.4) is 0 Å². The second-order valence-corrected chi connectivity index (χ2v) is 7.25. The molecular formula is C14H12Br3N3O3. The molecule has 0 bridgehead atoms. The van der Waals surface area contributed by atoms with E-state index in [1.807, 2.05) is 19.0 Å². The van der Waals surface area contributed by atoms with Gasteiger partial charge in [-0.05, 0) is 59.9 Å². The van der Waals surface area contributed by atoms with Gasteiger partial charge in [-0.2, -0.15) is 5.10 Å². The van der Waals surface area contributed by atoms with Gasteiger partial charge in [0, 0.05) is 25.7 Å². The first-order chi connectivity index (χ1) is 10.8. The molecular weight excluding hydrogens is 498 g/mol. The molecule has 6 nitrogen and oxygen atoms in total. The lowest BCUT2D eigenvalue weighted by molar-refractivity contribution is 0.0955. The number of carbonyl (C=O) groups is 1. The maximum Gasteiger partial charge on any atom is 0.271 e. The predicted molar refractivity (Wildman–Crippen MR) is 99.3 cm³/mol. The summed E-state index contributed by atoms with van der Waals surface area (Å²) >= 11 is 9.72. The molecule has 0 unspecified atom stereocenters. The number of hydrogen-bond acceptors (Lipinski definition) is 5. The highest BCUT2D eigenvalue weighted by Gasteiger charge is 2.12. The number of phenolic OH excluding ortho intramolecular Hbond substituents is 1. The van der Waals surface area contributed by atoms with Crippen LogP contribution >= 0.6 is 47.8 Å². The molecule has 0 saturated heterocycles. The zero-order valence-electron chi connectivity index (χ0n) is 12.1. The van der Waals surface area contributed by atoms with Gasteiger partial charge in [-0.1, -0.05) is 0 Å². The molecule has 9 heteroatoms. The van der Waals surface area contributed by atoms with Crippen LogP contribution in [0.25, 0.3) is 0 Å². The molecule has 122 valence electrons. The van der Waals surface area contributed by atoms with E-state index in [1.54, 1.807) is 6.07 Å². The maximum absolute atomic E-state index is 12.0. The van der Waals surface area contributed by atoms with Gasteiger partial charge in [0.2, 0.25) is 5.88 Å². The number of amides is 1. The molecule has 2 aromatic rings. The third kappa shape index (κ3) is 4.36. The average Bonchev–Trinajstić information content (AvgIpc) is 2.85. The van der Waals surface area contributed by atoms with E-state index in [4.69, 9.17) is 4.42 Å². The van der Waals surface area contributed by atoms with E-state index in [-0.39, 0.29) is 5.75 Å². The van der Waals surface area contributed by atoms with E-state index in [0.29, 0.717) is 26.2 Å². The standard InChI is InChI=1S/C14H12Br3N3O3/c1-20(2)14-11(17)5-8(23-14)6-18-19-13(22)7-3-9(15)12(21)10(16)4-7/h3-6,21H,1-2H3,(H,19,22)/b18-6-. The Morgan fingerprint density at radius 3 is 2.35 bits per heavy atom. The zero-order valence-corrected chi connectivity index (χ0v) is 16.9. The van der Waals surface area contributed by atoms with E-state index >= 15 is 0 Å². The van der Waals surface area contributed by atoms with E-state index in [2.05, 4.69) is 58.3 Å². The number of halogens is 3. The summed E-state index contributed by atoms with van der Waals surface area (Å²) in [6.45, 7) is 0. The normalized spacial score (nSPS) is 11.0. The van der Waals surface area contributed by atoms with E-state index in [0.717, 1.165) is 4.47 Å². The number of nitrogens with one attached hydrogen (secondary N) is 1. The lowest BCUT2D eigenvalue weighted by atomic mass is 10.2. The highest BCUT2D eigenvalue weighted by Crippen LogP contribution is 2.33. The second-order valence-electron chi connectivity index (χ2n) is 4.68. The average molecular weight is 510 g/mol. The fraction of sp³-hybridized carbons (Fsp3) is 0.143. The second kappa shape index (κ2) is 7.50. The number of hydrogen-bond donors (Lipinski definition) is 2. The summed E-state index contributed by atoms with van der Waals surface area (Å²) < 4.78 is 7.16. The Kier molecular flexibility index (Phi) is 5.88. The lowest BCUT2D eigenvalue weighted by Crippen LogP contribution is -2.17. The number of anilines is 1. The van der Waals surface area contributed by atoms with Crippen LogP contribution in [-0.2, 0) is 0 Å². The molecule has 0 aliphatic heterocycles. The summed E-state index contributed by atoms with van der Waals surface area (Å²) in [4.78, 5) is 13.8. The molecule has 0 radical (unpaired) electrons. The molecule has 1 aromatic heterocycles. The molecule has 0 aliphatic carbocycles. The number of phenols is 1. The van der Waals surface area contributed by atoms with Crippen LogP contribution in [0.2, 0.25) is 0 Å². The maximum atomic E-state index is 12.0. The zero-order chi connectivity index (χ0) is 17.1. The van der Waals surface area contributed by atoms with Crippen molar-refractivity contribution in [1.82, 2.24) is 5.43 Å². The molecule has 2 rings (SSSR count). The van der Waals surface area contributed by atoms with Crippen molar-refractivity contribution >= 4 is 65.8 Å². The molecule has 1 heterocycles. The van der Waals surface area contributed by atoms with Crippen molar-refractivity contribution in [3.63, 3.8) is 0 Å². The van der Waals surface area contributed by atoms with Gasteiger partial charge in [0.1, 0.15) is 5.75 Å². The Morgan fingerprint density at radius 2 is 1.83 bits per heavy atom. The van der Waals surface area contributed by atoms with Gasteiger partial charge in [-0.15, -0.1) is 0 Å². The predicted octanol–water partition coefficient (Wildman–Crippen LogP) is 4.10. The molecule has 0 fully saturated rings. The SMILES string of the molecule is CN(C)c1oc(/C=N\NC(=O)c2cc(Br)c(O)c(Br)c2)cc1Br. The Balaban J connectivity index is 2.08. The van der Waals surface area contributed by atoms with Crippen molar-refractivity contribution < 1.29 is 14.3 Å². The number of rotatable bonds is 4. The molecule has 23 heavy (non-hydrogen) atoms.